The second-order valence-electron chi connectivity index (χ2n) is 5.35. The molecular formula is C17H17N3O3S. The number of aromatic nitrogens is 1. The van der Waals surface area contributed by atoms with Crippen LogP contribution in [0.2, 0.25) is 0 Å². The number of nitrogens with one attached hydrogen (secondary N) is 1. The molecule has 0 bridgehead atoms. The average molecular weight is 343 g/mol. The summed E-state index contributed by atoms with van der Waals surface area (Å²) in [5.41, 5.74) is 6.37. The standard InChI is InChI=1S/C17H17N3O3S/c18-16(21)13-3-1-2-4-14(13)20-17(22)11-5-7-19-15(9-11)23-12-6-8-24-10-12/h1-5,7,9,12H,6,8,10H2,(H2,18,21)(H,20,22)/t12-/m0/s1. The maximum Gasteiger partial charge on any atom is 0.255 e. The Hall–Kier alpha value is -2.54. The Bertz CT molecular complexity index is 760. The molecule has 3 rings (SSSR count). The molecule has 1 aromatic carbocycles. The van der Waals surface area contributed by atoms with Gasteiger partial charge in [0.25, 0.3) is 11.8 Å². The van der Waals surface area contributed by atoms with Crippen LogP contribution in [-0.4, -0.2) is 34.4 Å². The first-order chi connectivity index (χ1) is 11.6. The topological polar surface area (TPSA) is 94.3 Å². The Morgan fingerprint density at radius 1 is 1.29 bits per heavy atom. The maximum absolute atomic E-state index is 12.4. The minimum absolute atomic E-state index is 0.136. The van der Waals surface area contributed by atoms with Gasteiger partial charge in [0.1, 0.15) is 6.10 Å². The molecule has 0 saturated carbocycles. The highest BCUT2D eigenvalue weighted by atomic mass is 32.2. The van der Waals surface area contributed by atoms with E-state index >= 15 is 0 Å². The van der Waals surface area contributed by atoms with E-state index in [1.165, 1.54) is 6.20 Å². The van der Waals surface area contributed by atoms with E-state index in [0.717, 1.165) is 17.9 Å². The molecule has 6 nitrogen and oxygen atoms in total. The molecule has 0 unspecified atom stereocenters. The van der Waals surface area contributed by atoms with Crippen molar-refractivity contribution in [3.05, 3.63) is 53.7 Å². The highest BCUT2D eigenvalue weighted by Crippen LogP contribution is 2.23. The summed E-state index contributed by atoms with van der Waals surface area (Å²) in [4.78, 5) is 28.0. The first-order valence-corrected chi connectivity index (χ1v) is 8.69. The predicted molar refractivity (Wildman–Crippen MR) is 93.5 cm³/mol. The molecule has 1 fully saturated rings. The van der Waals surface area contributed by atoms with Gasteiger partial charge in [-0.1, -0.05) is 12.1 Å². The molecule has 2 aromatic rings. The van der Waals surface area contributed by atoms with Crippen molar-refractivity contribution < 1.29 is 14.3 Å². The number of rotatable bonds is 5. The van der Waals surface area contributed by atoms with E-state index in [1.807, 2.05) is 11.8 Å². The number of amides is 2. The molecule has 1 atom stereocenters. The number of anilines is 1. The second kappa shape index (κ2) is 7.35. The van der Waals surface area contributed by atoms with Crippen molar-refractivity contribution in [2.75, 3.05) is 16.8 Å². The summed E-state index contributed by atoms with van der Waals surface area (Å²) in [6.07, 6.45) is 2.65. The van der Waals surface area contributed by atoms with Crippen LogP contribution >= 0.6 is 11.8 Å². The molecule has 124 valence electrons. The number of thioether (sulfide) groups is 1. The van der Waals surface area contributed by atoms with Crippen LogP contribution in [0, 0.1) is 0 Å². The third-order valence-corrected chi connectivity index (χ3v) is 4.74. The molecule has 2 amide bonds. The van der Waals surface area contributed by atoms with Crippen molar-refractivity contribution in [1.82, 2.24) is 4.98 Å². The average Bonchev–Trinajstić information content (AvgIpc) is 3.08. The lowest BCUT2D eigenvalue weighted by Crippen LogP contribution is -2.19. The predicted octanol–water partition coefficient (Wildman–Crippen LogP) is 2.32. The van der Waals surface area contributed by atoms with Gasteiger partial charge in [0.05, 0.1) is 11.3 Å². The zero-order valence-electron chi connectivity index (χ0n) is 12.9. The highest BCUT2D eigenvalue weighted by molar-refractivity contribution is 7.99. The molecule has 0 radical (unpaired) electrons. The minimum atomic E-state index is -0.594. The van der Waals surface area contributed by atoms with Gasteiger partial charge in [-0.3, -0.25) is 9.59 Å². The van der Waals surface area contributed by atoms with Gasteiger partial charge >= 0.3 is 0 Å². The number of hydrogen-bond acceptors (Lipinski definition) is 5. The van der Waals surface area contributed by atoms with Crippen LogP contribution in [0.3, 0.4) is 0 Å². The molecule has 24 heavy (non-hydrogen) atoms. The van der Waals surface area contributed by atoms with Crippen molar-refractivity contribution in [1.29, 1.82) is 0 Å². The molecule has 1 aliphatic heterocycles. The van der Waals surface area contributed by atoms with Crippen molar-refractivity contribution >= 4 is 29.3 Å². The van der Waals surface area contributed by atoms with Crippen LogP contribution in [0.1, 0.15) is 27.1 Å². The van der Waals surface area contributed by atoms with E-state index in [2.05, 4.69) is 10.3 Å². The number of benzene rings is 1. The van der Waals surface area contributed by atoms with Crippen LogP contribution in [0.25, 0.3) is 0 Å². The zero-order chi connectivity index (χ0) is 16.9. The van der Waals surface area contributed by atoms with Gasteiger partial charge in [-0.25, -0.2) is 4.98 Å². The first kappa shape index (κ1) is 16.3. The van der Waals surface area contributed by atoms with Gasteiger partial charge in [0.2, 0.25) is 5.88 Å². The van der Waals surface area contributed by atoms with Gasteiger partial charge in [-0.2, -0.15) is 11.8 Å². The fourth-order valence-corrected chi connectivity index (χ4v) is 3.49. The molecule has 0 spiro atoms. The second-order valence-corrected chi connectivity index (χ2v) is 6.50. The van der Waals surface area contributed by atoms with E-state index in [-0.39, 0.29) is 17.6 Å². The summed E-state index contributed by atoms with van der Waals surface area (Å²) in [7, 11) is 0. The van der Waals surface area contributed by atoms with Gasteiger partial charge < -0.3 is 15.8 Å². The fourth-order valence-electron chi connectivity index (χ4n) is 2.39. The molecule has 0 aliphatic carbocycles. The van der Waals surface area contributed by atoms with Crippen molar-refractivity contribution in [3.63, 3.8) is 0 Å². The van der Waals surface area contributed by atoms with Gasteiger partial charge in [-0.05, 0) is 30.4 Å². The number of carbonyl (C=O) groups excluding carboxylic acids is 2. The summed E-state index contributed by atoms with van der Waals surface area (Å²) in [5.74, 6) is 1.50. The number of primary amides is 1. The monoisotopic (exact) mass is 343 g/mol. The van der Waals surface area contributed by atoms with Gasteiger partial charge in [-0.15, -0.1) is 0 Å². The van der Waals surface area contributed by atoms with E-state index in [4.69, 9.17) is 10.5 Å². The molecule has 1 aromatic heterocycles. The van der Waals surface area contributed by atoms with Gasteiger partial charge in [0.15, 0.2) is 0 Å². The number of carbonyl (C=O) groups is 2. The number of para-hydroxylation sites is 1. The largest absolute Gasteiger partial charge is 0.473 e. The highest BCUT2D eigenvalue weighted by Gasteiger charge is 2.18. The van der Waals surface area contributed by atoms with Crippen LogP contribution < -0.4 is 15.8 Å². The molecular weight excluding hydrogens is 326 g/mol. The summed E-state index contributed by atoms with van der Waals surface area (Å²) >= 11 is 1.84. The lowest BCUT2D eigenvalue weighted by molar-refractivity contribution is 0.100. The molecule has 1 saturated heterocycles. The summed E-state index contributed by atoms with van der Waals surface area (Å²) in [5, 5.41) is 2.70. The molecule has 7 heteroatoms. The quantitative estimate of drug-likeness (QED) is 0.869. The third kappa shape index (κ3) is 3.86. The SMILES string of the molecule is NC(=O)c1ccccc1NC(=O)c1ccnc(O[C@H]2CCSC2)c1. The van der Waals surface area contributed by atoms with Crippen LogP contribution in [-0.2, 0) is 0 Å². The Morgan fingerprint density at radius 2 is 2.12 bits per heavy atom. The number of pyridine rings is 1. The maximum atomic E-state index is 12.4. The van der Waals surface area contributed by atoms with Crippen LogP contribution in [0.5, 0.6) is 5.88 Å². The fraction of sp³-hybridized carbons (Fsp3) is 0.235. The van der Waals surface area contributed by atoms with Gasteiger partial charge in [0, 0.05) is 23.6 Å². The van der Waals surface area contributed by atoms with E-state index < -0.39 is 5.91 Å². The smallest absolute Gasteiger partial charge is 0.255 e. The Labute approximate surface area is 143 Å². The van der Waals surface area contributed by atoms with E-state index in [9.17, 15) is 9.59 Å². The van der Waals surface area contributed by atoms with Crippen molar-refractivity contribution in [2.24, 2.45) is 5.73 Å². The number of nitrogens with zero attached hydrogens (tertiary/aromatic N) is 1. The Kier molecular flexibility index (Phi) is 5.00. The van der Waals surface area contributed by atoms with E-state index in [0.29, 0.717) is 17.1 Å². The molecule has 2 heterocycles. The lowest BCUT2D eigenvalue weighted by atomic mass is 10.1. The third-order valence-electron chi connectivity index (χ3n) is 3.61. The van der Waals surface area contributed by atoms with E-state index in [1.54, 1.807) is 36.4 Å². The lowest BCUT2D eigenvalue weighted by Gasteiger charge is -2.12. The van der Waals surface area contributed by atoms with Crippen molar-refractivity contribution in [2.45, 2.75) is 12.5 Å². The normalized spacial score (nSPS) is 16.6. The Balaban J connectivity index is 1.74. The minimum Gasteiger partial charge on any atom is -0.473 e. The molecule has 1 aliphatic rings. The van der Waals surface area contributed by atoms with Crippen LogP contribution in [0.15, 0.2) is 42.6 Å². The molecule has 3 N–H and O–H groups in total. The zero-order valence-corrected chi connectivity index (χ0v) is 13.7. The first-order valence-electron chi connectivity index (χ1n) is 7.54. The number of ether oxygens (including phenoxy) is 1. The Morgan fingerprint density at radius 3 is 2.88 bits per heavy atom. The summed E-state index contributed by atoms with van der Waals surface area (Å²) < 4.78 is 5.79. The van der Waals surface area contributed by atoms with Crippen molar-refractivity contribution in [3.8, 4) is 5.88 Å². The number of hydrogen-bond donors (Lipinski definition) is 2. The number of nitrogens with two attached hydrogens (primary N) is 1. The van der Waals surface area contributed by atoms with Crippen LogP contribution in [0.4, 0.5) is 5.69 Å². The summed E-state index contributed by atoms with van der Waals surface area (Å²) in [6.45, 7) is 0. The summed E-state index contributed by atoms with van der Waals surface area (Å²) in [6, 6.07) is 9.81.